The molecule has 2 amide bonds. The average molecular weight is 520 g/mol. The highest BCUT2D eigenvalue weighted by Gasteiger charge is 2.41. The minimum Gasteiger partial charge on any atom is -0.491 e. The van der Waals surface area contributed by atoms with Crippen molar-refractivity contribution in [3.05, 3.63) is 65.2 Å². The number of carbonyl (C=O) groups excluding carboxylic acids is 2. The summed E-state index contributed by atoms with van der Waals surface area (Å²) in [5.74, 6) is 1.36. The predicted molar refractivity (Wildman–Crippen MR) is 152 cm³/mol. The number of benzene rings is 2. The molecule has 6 nitrogen and oxygen atoms in total. The maximum atomic E-state index is 13.9. The van der Waals surface area contributed by atoms with E-state index in [4.69, 9.17) is 4.74 Å². The summed E-state index contributed by atoms with van der Waals surface area (Å²) < 4.78 is 6.12. The van der Waals surface area contributed by atoms with Gasteiger partial charge in [-0.15, -0.1) is 0 Å². The molecule has 6 heteroatoms. The normalized spacial score (nSPS) is 21.4. The molecule has 2 aliphatic heterocycles. The molecule has 2 aliphatic rings. The number of para-hydroxylation sites is 1. The fraction of sp³-hybridized carbons (Fsp3) is 0.562. The number of piperidine rings is 1. The van der Waals surface area contributed by atoms with E-state index < -0.39 is 0 Å². The maximum absolute atomic E-state index is 13.9. The molecule has 38 heavy (non-hydrogen) atoms. The quantitative estimate of drug-likeness (QED) is 0.558. The van der Waals surface area contributed by atoms with Crippen molar-refractivity contribution in [1.29, 1.82) is 0 Å². The SMILES string of the molecule is CC(C)c1ccc(CN2CCC3(CCCCNC(=O)c4ccccc4OC[C@H](C(C)C)NC3=O)CC2)cc1. The number of nitrogens with zero attached hydrogens (tertiary/aromatic N) is 1. The fourth-order valence-corrected chi connectivity index (χ4v) is 5.56. The van der Waals surface area contributed by atoms with E-state index in [0.29, 0.717) is 30.4 Å². The standard InChI is InChI=1S/C32H45N3O3/c1-23(2)26-13-11-25(12-14-26)21-35-19-16-32(17-20-35)15-7-8-18-33-30(36)27-9-5-6-10-29(27)38-22-28(24(3)4)34-31(32)37/h5-6,9-14,23-24,28H,7-8,15-22H2,1-4H3,(H,33,36)(H,34,37)/t28-/m1/s1. The van der Waals surface area contributed by atoms with Crippen LogP contribution >= 0.6 is 0 Å². The Bertz CT molecular complexity index is 1070. The zero-order valence-electron chi connectivity index (χ0n) is 23.6. The molecule has 0 bridgehead atoms. The fourth-order valence-electron chi connectivity index (χ4n) is 5.56. The molecule has 1 saturated heterocycles. The third kappa shape index (κ3) is 6.96. The lowest BCUT2D eigenvalue weighted by Crippen LogP contribution is -2.53. The Balaban J connectivity index is 1.45. The molecular weight excluding hydrogens is 474 g/mol. The summed E-state index contributed by atoms with van der Waals surface area (Å²) in [6, 6.07) is 16.2. The smallest absolute Gasteiger partial charge is 0.255 e. The number of rotatable bonds is 4. The van der Waals surface area contributed by atoms with E-state index in [0.717, 1.165) is 51.7 Å². The van der Waals surface area contributed by atoms with Gasteiger partial charge in [-0.05, 0) is 73.9 Å². The Kier molecular flexibility index (Phi) is 9.48. The Morgan fingerprint density at radius 2 is 1.66 bits per heavy atom. The molecule has 1 spiro atoms. The van der Waals surface area contributed by atoms with Crippen molar-refractivity contribution >= 4 is 11.8 Å². The van der Waals surface area contributed by atoms with Gasteiger partial charge < -0.3 is 15.4 Å². The summed E-state index contributed by atoms with van der Waals surface area (Å²) in [5.41, 5.74) is 2.86. The van der Waals surface area contributed by atoms with Gasteiger partial charge in [0.15, 0.2) is 0 Å². The van der Waals surface area contributed by atoms with Gasteiger partial charge in [0.1, 0.15) is 12.4 Å². The van der Waals surface area contributed by atoms with Crippen LogP contribution in [-0.2, 0) is 11.3 Å². The molecule has 2 aromatic carbocycles. The lowest BCUT2D eigenvalue weighted by Gasteiger charge is -2.42. The third-order valence-electron chi connectivity index (χ3n) is 8.39. The zero-order chi connectivity index (χ0) is 27.1. The average Bonchev–Trinajstić information content (AvgIpc) is 2.91. The van der Waals surface area contributed by atoms with Crippen LogP contribution in [0, 0.1) is 11.3 Å². The van der Waals surface area contributed by atoms with E-state index in [-0.39, 0.29) is 29.2 Å². The van der Waals surface area contributed by atoms with Crippen molar-refractivity contribution < 1.29 is 14.3 Å². The van der Waals surface area contributed by atoms with Gasteiger partial charge in [0.2, 0.25) is 5.91 Å². The number of nitrogens with one attached hydrogen (secondary N) is 2. The van der Waals surface area contributed by atoms with E-state index >= 15 is 0 Å². The van der Waals surface area contributed by atoms with Gasteiger partial charge in [-0.3, -0.25) is 14.5 Å². The monoisotopic (exact) mass is 519 g/mol. The molecule has 1 fully saturated rings. The molecule has 0 aromatic heterocycles. The Morgan fingerprint density at radius 1 is 0.947 bits per heavy atom. The van der Waals surface area contributed by atoms with Gasteiger partial charge >= 0.3 is 0 Å². The lowest BCUT2D eigenvalue weighted by atomic mass is 9.73. The van der Waals surface area contributed by atoms with E-state index in [1.807, 2.05) is 18.2 Å². The summed E-state index contributed by atoms with van der Waals surface area (Å²) in [4.78, 5) is 29.2. The molecule has 2 N–H and O–H groups in total. The third-order valence-corrected chi connectivity index (χ3v) is 8.39. The van der Waals surface area contributed by atoms with Gasteiger partial charge in [0.25, 0.3) is 5.91 Å². The van der Waals surface area contributed by atoms with Crippen LogP contribution in [0.3, 0.4) is 0 Å². The molecule has 0 saturated carbocycles. The van der Waals surface area contributed by atoms with Crippen LogP contribution in [0.25, 0.3) is 0 Å². The van der Waals surface area contributed by atoms with Crippen molar-refractivity contribution in [3.8, 4) is 5.75 Å². The minimum absolute atomic E-state index is 0.104. The summed E-state index contributed by atoms with van der Waals surface area (Å²) in [6.45, 7) is 12.3. The largest absolute Gasteiger partial charge is 0.491 e. The molecule has 0 aliphatic carbocycles. The number of hydrogen-bond donors (Lipinski definition) is 2. The number of carbonyl (C=O) groups is 2. The number of ether oxygens (including phenoxy) is 1. The highest BCUT2D eigenvalue weighted by atomic mass is 16.5. The molecular formula is C32H45N3O3. The molecule has 4 rings (SSSR count). The minimum atomic E-state index is -0.378. The Labute approximate surface area is 228 Å². The second-order valence-corrected chi connectivity index (χ2v) is 11.8. The van der Waals surface area contributed by atoms with Gasteiger partial charge in [0.05, 0.1) is 17.0 Å². The number of amides is 2. The predicted octanol–water partition coefficient (Wildman–Crippen LogP) is 5.53. The first-order chi connectivity index (χ1) is 18.3. The van der Waals surface area contributed by atoms with E-state index in [1.165, 1.54) is 11.1 Å². The topological polar surface area (TPSA) is 70.7 Å². The van der Waals surface area contributed by atoms with Gasteiger partial charge in [-0.25, -0.2) is 0 Å². The van der Waals surface area contributed by atoms with E-state index in [2.05, 4.69) is 67.5 Å². The summed E-state index contributed by atoms with van der Waals surface area (Å²) in [5, 5.41) is 6.42. The molecule has 2 aromatic rings. The molecule has 1 atom stereocenters. The summed E-state index contributed by atoms with van der Waals surface area (Å²) >= 11 is 0. The van der Waals surface area contributed by atoms with Crippen molar-refractivity contribution in [2.45, 2.75) is 78.3 Å². The second-order valence-electron chi connectivity index (χ2n) is 11.8. The van der Waals surface area contributed by atoms with Crippen molar-refractivity contribution in [1.82, 2.24) is 15.5 Å². The van der Waals surface area contributed by atoms with Crippen molar-refractivity contribution in [2.75, 3.05) is 26.2 Å². The lowest BCUT2D eigenvalue weighted by molar-refractivity contribution is -0.136. The summed E-state index contributed by atoms with van der Waals surface area (Å²) in [7, 11) is 0. The highest BCUT2D eigenvalue weighted by molar-refractivity contribution is 5.96. The first kappa shape index (κ1) is 28.2. The van der Waals surface area contributed by atoms with Crippen LogP contribution in [0.4, 0.5) is 0 Å². The van der Waals surface area contributed by atoms with Crippen LogP contribution in [-0.4, -0.2) is 49.0 Å². The molecule has 2 heterocycles. The van der Waals surface area contributed by atoms with E-state index in [1.54, 1.807) is 6.07 Å². The number of likely N-dealkylation sites (tertiary alicyclic amines) is 1. The van der Waals surface area contributed by atoms with Gasteiger partial charge in [-0.1, -0.05) is 70.5 Å². The van der Waals surface area contributed by atoms with Crippen molar-refractivity contribution in [2.24, 2.45) is 11.3 Å². The Hall–Kier alpha value is -2.86. The second kappa shape index (κ2) is 12.8. The van der Waals surface area contributed by atoms with E-state index in [9.17, 15) is 9.59 Å². The van der Waals surface area contributed by atoms with Crippen LogP contribution in [0.1, 0.15) is 87.2 Å². The summed E-state index contributed by atoms with van der Waals surface area (Å²) in [6.07, 6.45) is 4.31. The zero-order valence-corrected chi connectivity index (χ0v) is 23.6. The van der Waals surface area contributed by atoms with Crippen molar-refractivity contribution in [3.63, 3.8) is 0 Å². The van der Waals surface area contributed by atoms with Gasteiger partial charge in [0, 0.05) is 13.1 Å². The molecule has 206 valence electrons. The van der Waals surface area contributed by atoms with Crippen LogP contribution in [0.5, 0.6) is 5.75 Å². The molecule has 0 radical (unpaired) electrons. The van der Waals surface area contributed by atoms with Gasteiger partial charge in [-0.2, -0.15) is 0 Å². The number of fused-ring (bicyclic) bond motifs is 1. The number of hydrogen-bond acceptors (Lipinski definition) is 4. The first-order valence-electron chi connectivity index (χ1n) is 14.4. The maximum Gasteiger partial charge on any atom is 0.255 e. The molecule has 0 unspecified atom stereocenters. The first-order valence-corrected chi connectivity index (χ1v) is 14.4. The van der Waals surface area contributed by atoms with Crippen LogP contribution in [0.2, 0.25) is 0 Å². The van der Waals surface area contributed by atoms with Crippen LogP contribution < -0.4 is 15.4 Å². The van der Waals surface area contributed by atoms with Crippen LogP contribution in [0.15, 0.2) is 48.5 Å². The Morgan fingerprint density at radius 3 is 2.34 bits per heavy atom. The highest BCUT2D eigenvalue weighted by Crippen LogP contribution is 2.38.